The van der Waals surface area contributed by atoms with E-state index in [4.69, 9.17) is 5.73 Å². The fourth-order valence-electron chi connectivity index (χ4n) is 2.19. The number of rotatable bonds is 4. The standard InChI is InChI=1S/C13H24N2O3/c1-8(12(14)13(2,3)18)11(17)10-6-5-9(16)7-15(10)4/h5-8,10-12,16-18H,14H2,1-4H3. The molecule has 1 rings (SSSR count). The van der Waals surface area contributed by atoms with E-state index in [2.05, 4.69) is 0 Å². The highest BCUT2D eigenvalue weighted by atomic mass is 16.3. The highest BCUT2D eigenvalue weighted by Crippen LogP contribution is 2.24. The van der Waals surface area contributed by atoms with Gasteiger partial charge in [-0.25, -0.2) is 0 Å². The molecule has 18 heavy (non-hydrogen) atoms. The summed E-state index contributed by atoms with van der Waals surface area (Å²) < 4.78 is 0. The van der Waals surface area contributed by atoms with Crippen LogP contribution in [0.25, 0.3) is 0 Å². The molecule has 0 spiro atoms. The van der Waals surface area contributed by atoms with Crippen molar-refractivity contribution in [2.45, 2.75) is 44.6 Å². The van der Waals surface area contributed by atoms with Gasteiger partial charge in [0.2, 0.25) is 0 Å². The molecule has 0 bridgehead atoms. The molecule has 1 heterocycles. The van der Waals surface area contributed by atoms with Gasteiger partial charge in [0.15, 0.2) is 0 Å². The molecule has 5 N–H and O–H groups in total. The molecule has 0 aromatic carbocycles. The Labute approximate surface area is 108 Å². The quantitative estimate of drug-likeness (QED) is 0.583. The van der Waals surface area contributed by atoms with Crippen molar-refractivity contribution < 1.29 is 15.3 Å². The van der Waals surface area contributed by atoms with Gasteiger partial charge in [-0.1, -0.05) is 13.0 Å². The summed E-state index contributed by atoms with van der Waals surface area (Å²) in [5.41, 5.74) is 4.91. The smallest absolute Gasteiger partial charge is 0.131 e. The van der Waals surface area contributed by atoms with Crippen molar-refractivity contribution in [1.82, 2.24) is 4.90 Å². The first-order chi connectivity index (χ1) is 8.14. The molecule has 1 aliphatic rings. The van der Waals surface area contributed by atoms with Crippen molar-refractivity contribution in [3.63, 3.8) is 0 Å². The number of likely N-dealkylation sites (N-methyl/N-ethyl adjacent to an activating group) is 1. The van der Waals surface area contributed by atoms with Gasteiger partial charge in [0.1, 0.15) is 5.76 Å². The molecule has 0 radical (unpaired) electrons. The Morgan fingerprint density at radius 3 is 2.44 bits per heavy atom. The minimum Gasteiger partial charge on any atom is -0.506 e. The molecule has 0 amide bonds. The third-order valence-corrected chi connectivity index (χ3v) is 3.54. The lowest BCUT2D eigenvalue weighted by Gasteiger charge is -2.39. The average Bonchev–Trinajstić information content (AvgIpc) is 2.25. The van der Waals surface area contributed by atoms with E-state index in [0.29, 0.717) is 0 Å². The van der Waals surface area contributed by atoms with Crippen LogP contribution in [0.1, 0.15) is 20.8 Å². The normalized spacial score (nSPS) is 25.6. The van der Waals surface area contributed by atoms with E-state index in [1.54, 1.807) is 44.1 Å². The lowest BCUT2D eigenvalue weighted by Crippen LogP contribution is -2.54. The van der Waals surface area contributed by atoms with Crippen LogP contribution in [0.3, 0.4) is 0 Å². The molecule has 0 saturated carbocycles. The Morgan fingerprint density at radius 1 is 1.44 bits per heavy atom. The zero-order valence-electron chi connectivity index (χ0n) is 11.4. The van der Waals surface area contributed by atoms with Gasteiger partial charge in [0, 0.05) is 25.2 Å². The Kier molecular flexibility index (Phi) is 4.42. The van der Waals surface area contributed by atoms with Crippen LogP contribution in [0.5, 0.6) is 0 Å². The molecule has 0 aromatic heterocycles. The molecule has 0 aliphatic carbocycles. The molecule has 0 aromatic rings. The maximum Gasteiger partial charge on any atom is 0.131 e. The highest BCUT2D eigenvalue weighted by Gasteiger charge is 2.36. The lowest BCUT2D eigenvalue weighted by atomic mass is 9.82. The van der Waals surface area contributed by atoms with Crippen molar-refractivity contribution in [2.75, 3.05) is 7.05 Å². The van der Waals surface area contributed by atoms with Crippen molar-refractivity contribution in [3.05, 3.63) is 24.1 Å². The molecule has 4 atom stereocenters. The first kappa shape index (κ1) is 15.0. The monoisotopic (exact) mass is 256 g/mol. The summed E-state index contributed by atoms with van der Waals surface area (Å²) in [7, 11) is 1.77. The van der Waals surface area contributed by atoms with Crippen LogP contribution in [0.15, 0.2) is 24.1 Å². The van der Waals surface area contributed by atoms with Gasteiger partial charge in [-0.15, -0.1) is 0 Å². The maximum absolute atomic E-state index is 10.3. The van der Waals surface area contributed by atoms with Crippen molar-refractivity contribution in [1.29, 1.82) is 0 Å². The van der Waals surface area contributed by atoms with E-state index in [9.17, 15) is 15.3 Å². The first-order valence-electron chi connectivity index (χ1n) is 6.11. The number of allylic oxidation sites excluding steroid dienone is 1. The van der Waals surface area contributed by atoms with E-state index in [1.165, 1.54) is 0 Å². The molecule has 5 nitrogen and oxygen atoms in total. The van der Waals surface area contributed by atoms with Gasteiger partial charge < -0.3 is 26.0 Å². The van der Waals surface area contributed by atoms with Gasteiger partial charge in [-0.2, -0.15) is 0 Å². The van der Waals surface area contributed by atoms with Gasteiger partial charge in [-0.3, -0.25) is 0 Å². The Bertz CT molecular complexity index is 347. The first-order valence-corrected chi connectivity index (χ1v) is 6.11. The summed E-state index contributed by atoms with van der Waals surface area (Å²) in [5, 5.41) is 29.6. The SMILES string of the molecule is CC(C(O)C1C=CC(O)=CN1C)C(N)C(C)(C)O. The molecule has 0 fully saturated rings. The van der Waals surface area contributed by atoms with Gasteiger partial charge in [0.05, 0.1) is 17.7 Å². The van der Waals surface area contributed by atoms with Crippen LogP contribution in [0.2, 0.25) is 0 Å². The average molecular weight is 256 g/mol. The third-order valence-electron chi connectivity index (χ3n) is 3.54. The third kappa shape index (κ3) is 3.25. The predicted octanol–water partition coefficient (Wildman–Crippen LogP) is 0.351. The number of hydrogen-bond donors (Lipinski definition) is 4. The molecule has 0 saturated heterocycles. The fraction of sp³-hybridized carbons (Fsp3) is 0.692. The van der Waals surface area contributed by atoms with Crippen LogP contribution in [-0.2, 0) is 0 Å². The topological polar surface area (TPSA) is 90.0 Å². The van der Waals surface area contributed by atoms with E-state index < -0.39 is 17.7 Å². The highest BCUT2D eigenvalue weighted by molar-refractivity contribution is 5.19. The second-order valence-electron chi connectivity index (χ2n) is 5.60. The van der Waals surface area contributed by atoms with Crippen LogP contribution in [0.4, 0.5) is 0 Å². The van der Waals surface area contributed by atoms with Crippen LogP contribution >= 0.6 is 0 Å². The zero-order valence-corrected chi connectivity index (χ0v) is 11.4. The predicted molar refractivity (Wildman–Crippen MR) is 70.8 cm³/mol. The van der Waals surface area contributed by atoms with E-state index in [-0.39, 0.29) is 17.7 Å². The molecule has 104 valence electrons. The Morgan fingerprint density at radius 2 is 2.00 bits per heavy atom. The molecular weight excluding hydrogens is 232 g/mol. The van der Waals surface area contributed by atoms with Crippen molar-refractivity contribution in [2.24, 2.45) is 11.7 Å². The van der Waals surface area contributed by atoms with Gasteiger partial charge in [0.25, 0.3) is 0 Å². The maximum atomic E-state index is 10.3. The summed E-state index contributed by atoms with van der Waals surface area (Å²) >= 11 is 0. The summed E-state index contributed by atoms with van der Waals surface area (Å²) in [4.78, 5) is 1.73. The number of nitrogens with zero attached hydrogens (tertiary/aromatic N) is 1. The lowest BCUT2D eigenvalue weighted by molar-refractivity contribution is -0.0175. The number of nitrogens with two attached hydrogens (primary N) is 1. The van der Waals surface area contributed by atoms with Crippen molar-refractivity contribution in [3.8, 4) is 0 Å². The second-order valence-corrected chi connectivity index (χ2v) is 5.60. The number of hydrogen-bond acceptors (Lipinski definition) is 5. The van der Waals surface area contributed by atoms with Crippen molar-refractivity contribution >= 4 is 0 Å². The summed E-state index contributed by atoms with van der Waals surface area (Å²) in [6, 6.07) is -0.793. The van der Waals surface area contributed by atoms with E-state index >= 15 is 0 Å². The zero-order chi connectivity index (χ0) is 14.1. The molecule has 1 aliphatic heterocycles. The van der Waals surface area contributed by atoms with Crippen LogP contribution in [-0.4, -0.2) is 51.1 Å². The van der Waals surface area contributed by atoms with E-state index in [1.807, 2.05) is 6.92 Å². The molecular formula is C13H24N2O3. The minimum atomic E-state index is -1.05. The molecule has 4 unspecified atom stereocenters. The van der Waals surface area contributed by atoms with Crippen LogP contribution in [0, 0.1) is 5.92 Å². The summed E-state index contributed by atoms with van der Waals surface area (Å²) in [6.45, 7) is 5.08. The number of aliphatic hydroxyl groups excluding tert-OH is 2. The fourth-order valence-corrected chi connectivity index (χ4v) is 2.19. The van der Waals surface area contributed by atoms with E-state index in [0.717, 1.165) is 0 Å². The largest absolute Gasteiger partial charge is 0.506 e. The minimum absolute atomic E-state index is 0.153. The van der Waals surface area contributed by atoms with Crippen LogP contribution < -0.4 is 5.73 Å². The number of aliphatic hydroxyl groups is 3. The van der Waals surface area contributed by atoms with Gasteiger partial charge >= 0.3 is 0 Å². The summed E-state index contributed by atoms with van der Waals surface area (Å²) in [6.07, 6.45) is 4.11. The second kappa shape index (κ2) is 5.30. The summed E-state index contributed by atoms with van der Waals surface area (Å²) in [5.74, 6) is -0.129. The Balaban J connectivity index is 2.77. The Hall–Kier alpha value is -1.04. The molecule has 5 heteroatoms. The van der Waals surface area contributed by atoms with Gasteiger partial charge in [-0.05, 0) is 19.9 Å².